The van der Waals surface area contributed by atoms with E-state index in [9.17, 15) is 13.5 Å². The third kappa shape index (κ3) is 4.02. The van der Waals surface area contributed by atoms with Gasteiger partial charge in [0, 0.05) is 33.2 Å². The molecule has 1 fully saturated rings. The Bertz CT molecular complexity index is 564. The molecule has 118 valence electrons. The summed E-state index contributed by atoms with van der Waals surface area (Å²) >= 11 is 0. The second kappa shape index (κ2) is 6.41. The molecule has 1 aliphatic rings. The highest BCUT2D eigenvalue weighted by Crippen LogP contribution is 2.25. The maximum Gasteiger partial charge on any atom is 0.279 e. The van der Waals surface area contributed by atoms with Crippen LogP contribution in [0, 0.1) is 0 Å². The van der Waals surface area contributed by atoms with Gasteiger partial charge < -0.3 is 9.84 Å². The van der Waals surface area contributed by atoms with Crippen molar-refractivity contribution in [2.45, 2.75) is 31.6 Å². The zero-order valence-electron chi connectivity index (χ0n) is 12.3. The van der Waals surface area contributed by atoms with Crippen LogP contribution in [0.5, 0.6) is 0 Å². The van der Waals surface area contributed by atoms with E-state index in [0.717, 1.165) is 5.56 Å². The van der Waals surface area contributed by atoms with E-state index in [4.69, 9.17) is 4.74 Å². The Morgan fingerprint density at radius 1 is 1.43 bits per heavy atom. The predicted molar refractivity (Wildman–Crippen MR) is 79.8 cm³/mol. The first-order valence-electron chi connectivity index (χ1n) is 6.92. The van der Waals surface area contributed by atoms with Crippen molar-refractivity contribution < 1.29 is 18.3 Å². The van der Waals surface area contributed by atoms with E-state index < -0.39 is 15.8 Å². The lowest BCUT2D eigenvalue weighted by molar-refractivity contribution is -0.0230. The summed E-state index contributed by atoms with van der Waals surface area (Å²) in [5.74, 6) is 0. The van der Waals surface area contributed by atoms with E-state index >= 15 is 0 Å². The Hall–Kier alpha value is -0.990. The lowest BCUT2D eigenvalue weighted by Gasteiger charge is -2.27. The molecule has 0 aromatic heterocycles. The third-order valence-corrected chi connectivity index (χ3v) is 5.34. The molecule has 21 heavy (non-hydrogen) atoms. The summed E-state index contributed by atoms with van der Waals surface area (Å²) in [5, 5.41) is 10.3. The van der Waals surface area contributed by atoms with E-state index in [2.05, 4.69) is 4.72 Å². The van der Waals surface area contributed by atoms with Crippen LogP contribution in [-0.2, 0) is 21.5 Å². The number of nitrogens with zero attached hydrogens (tertiary/aromatic N) is 1. The van der Waals surface area contributed by atoms with Crippen molar-refractivity contribution in [3.05, 3.63) is 35.9 Å². The molecule has 0 saturated carbocycles. The largest absolute Gasteiger partial charge is 0.386 e. The van der Waals surface area contributed by atoms with Gasteiger partial charge in [-0.05, 0) is 12.5 Å². The monoisotopic (exact) mass is 314 g/mol. The van der Waals surface area contributed by atoms with Crippen molar-refractivity contribution in [1.29, 1.82) is 0 Å². The van der Waals surface area contributed by atoms with E-state index in [1.165, 1.54) is 11.4 Å². The van der Waals surface area contributed by atoms with Gasteiger partial charge in [0.25, 0.3) is 10.2 Å². The van der Waals surface area contributed by atoms with Crippen LogP contribution in [-0.4, -0.2) is 49.7 Å². The fourth-order valence-electron chi connectivity index (χ4n) is 2.25. The molecule has 0 bridgehead atoms. The zero-order chi connectivity index (χ0) is 15.5. The number of hydrogen-bond donors (Lipinski definition) is 2. The molecule has 2 atom stereocenters. The van der Waals surface area contributed by atoms with Crippen molar-refractivity contribution in [3.63, 3.8) is 0 Å². The number of aliphatic hydroxyl groups is 1. The van der Waals surface area contributed by atoms with E-state index in [1.54, 1.807) is 6.92 Å². The van der Waals surface area contributed by atoms with Gasteiger partial charge in [-0.15, -0.1) is 0 Å². The Labute approximate surface area is 125 Å². The van der Waals surface area contributed by atoms with Crippen LogP contribution in [0.4, 0.5) is 0 Å². The standard InChI is InChI=1S/C14H22N2O4S/c1-12-14(17,8-9-20-12)11-15-21(18,19)16(2)10-13-6-4-3-5-7-13/h3-7,12,15,17H,8-11H2,1-2H3. The topological polar surface area (TPSA) is 78.9 Å². The first-order chi connectivity index (χ1) is 9.83. The molecule has 0 radical (unpaired) electrons. The van der Waals surface area contributed by atoms with Crippen LogP contribution in [0.15, 0.2) is 30.3 Å². The minimum Gasteiger partial charge on any atom is -0.386 e. The van der Waals surface area contributed by atoms with Gasteiger partial charge in [0.15, 0.2) is 0 Å². The summed E-state index contributed by atoms with van der Waals surface area (Å²) in [6.07, 6.45) is 0.0543. The van der Waals surface area contributed by atoms with Gasteiger partial charge in [0.2, 0.25) is 0 Å². The molecular formula is C14H22N2O4S. The highest BCUT2D eigenvalue weighted by Gasteiger charge is 2.40. The van der Waals surface area contributed by atoms with E-state index in [-0.39, 0.29) is 19.2 Å². The van der Waals surface area contributed by atoms with Gasteiger partial charge in [-0.2, -0.15) is 17.4 Å². The number of ether oxygens (including phenoxy) is 1. The summed E-state index contributed by atoms with van der Waals surface area (Å²) in [5.41, 5.74) is -0.234. The van der Waals surface area contributed by atoms with Gasteiger partial charge in [-0.25, -0.2) is 0 Å². The summed E-state index contributed by atoms with van der Waals surface area (Å²) in [7, 11) is -2.13. The second-order valence-corrected chi connectivity index (χ2v) is 7.30. The molecule has 1 aromatic carbocycles. The maximum atomic E-state index is 12.2. The smallest absolute Gasteiger partial charge is 0.279 e. The van der Waals surface area contributed by atoms with Crippen molar-refractivity contribution in [2.75, 3.05) is 20.2 Å². The molecule has 1 aliphatic heterocycles. The molecule has 1 aromatic rings. The number of hydrogen-bond acceptors (Lipinski definition) is 4. The third-order valence-electron chi connectivity index (χ3n) is 3.88. The molecule has 0 spiro atoms. The molecule has 0 aliphatic carbocycles. The Morgan fingerprint density at radius 3 is 2.67 bits per heavy atom. The molecule has 2 N–H and O–H groups in total. The fourth-order valence-corrected chi connectivity index (χ4v) is 3.23. The molecule has 1 saturated heterocycles. The Kier molecular flexibility index (Phi) is 5.00. The number of benzene rings is 1. The van der Waals surface area contributed by atoms with Crippen LogP contribution in [0.3, 0.4) is 0 Å². The molecule has 0 amide bonds. The minimum atomic E-state index is -3.64. The quantitative estimate of drug-likeness (QED) is 0.801. The second-order valence-electron chi connectivity index (χ2n) is 5.43. The summed E-state index contributed by atoms with van der Waals surface area (Å²) in [4.78, 5) is 0. The van der Waals surface area contributed by atoms with Gasteiger partial charge in [0.1, 0.15) is 5.60 Å². The van der Waals surface area contributed by atoms with Crippen molar-refractivity contribution >= 4 is 10.2 Å². The Balaban J connectivity index is 1.95. The summed E-state index contributed by atoms with van der Waals surface area (Å²) in [6.45, 7) is 2.42. The number of rotatable bonds is 6. The molecule has 2 rings (SSSR count). The van der Waals surface area contributed by atoms with Crippen molar-refractivity contribution in [1.82, 2.24) is 9.03 Å². The van der Waals surface area contributed by atoms with Crippen LogP contribution >= 0.6 is 0 Å². The van der Waals surface area contributed by atoms with Crippen LogP contribution < -0.4 is 4.72 Å². The summed E-state index contributed by atoms with van der Waals surface area (Å²) in [6, 6.07) is 9.35. The van der Waals surface area contributed by atoms with E-state index in [0.29, 0.717) is 13.0 Å². The fraction of sp³-hybridized carbons (Fsp3) is 0.571. The molecule has 7 heteroatoms. The van der Waals surface area contributed by atoms with Gasteiger partial charge >= 0.3 is 0 Å². The minimum absolute atomic E-state index is 0.0460. The highest BCUT2D eigenvalue weighted by atomic mass is 32.2. The average Bonchev–Trinajstić information content (AvgIpc) is 2.78. The predicted octanol–water partition coefficient (Wildman–Crippen LogP) is 0.493. The number of nitrogens with one attached hydrogen (secondary N) is 1. The first kappa shape index (κ1) is 16.4. The summed E-state index contributed by atoms with van der Waals surface area (Å²) < 4.78 is 33.4. The first-order valence-corrected chi connectivity index (χ1v) is 8.36. The molecule has 6 nitrogen and oxygen atoms in total. The lowest BCUT2D eigenvalue weighted by atomic mass is 9.97. The highest BCUT2D eigenvalue weighted by molar-refractivity contribution is 7.87. The van der Waals surface area contributed by atoms with Crippen molar-refractivity contribution in [3.8, 4) is 0 Å². The lowest BCUT2D eigenvalue weighted by Crippen LogP contribution is -2.50. The average molecular weight is 314 g/mol. The molecule has 1 heterocycles. The Morgan fingerprint density at radius 2 is 2.10 bits per heavy atom. The van der Waals surface area contributed by atoms with Gasteiger partial charge in [-0.1, -0.05) is 30.3 Å². The molecular weight excluding hydrogens is 292 g/mol. The van der Waals surface area contributed by atoms with Crippen molar-refractivity contribution in [2.24, 2.45) is 0 Å². The van der Waals surface area contributed by atoms with Crippen LogP contribution in [0.25, 0.3) is 0 Å². The van der Waals surface area contributed by atoms with Crippen LogP contribution in [0.1, 0.15) is 18.9 Å². The normalized spacial score (nSPS) is 26.4. The maximum absolute atomic E-state index is 12.2. The van der Waals surface area contributed by atoms with Crippen LogP contribution in [0.2, 0.25) is 0 Å². The van der Waals surface area contributed by atoms with Gasteiger partial charge in [-0.3, -0.25) is 0 Å². The van der Waals surface area contributed by atoms with E-state index in [1.807, 2.05) is 30.3 Å². The van der Waals surface area contributed by atoms with Gasteiger partial charge in [0.05, 0.1) is 6.10 Å². The zero-order valence-corrected chi connectivity index (χ0v) is 13.1. The SMILES string of the molecule is CC1OCCC1(O)CNS(=O)(=O)N(C)Cc1ccccc1. The molecule has 2 unspecified atom stereocenters.